The summed E-state index contributed by atoms with van der Waals surface area (Å²) in [5.74, 6) is 0.759. The first-order valence-corrected chi connectivity index (χ1v) is 7.85. The van der Waals surface area contributed by atoms with E-state index in [9.17, 15) is 4.79 Å². The van der Waals surface area contributed by atoms with E-state index in [0.29, 0.717) is 17.9 Å². The molecule has 4 heteroatoms. The third-order valence-corrected chi connectivity index (χ3v) is 4.82. The fraction of sp³-hybridized carbons (Fsp3) is 0.933. The number of nitrogens with zero attached hydrogens (tertiary/aromatic N) is 2. The average molecular weight is 267 g/mol. The van der Waals surface area contributed by atoms with Crippen molar-refractivity contribution in [2.75, 3.05) is 20.1 Å². The molecule has 2 heterocycles. The van der Waals surface area contributed by atoms with Gasteiger partial charge in [0.2, 0.25) is 5.91 Å². The number of carbonyl (C=O) groups excluding carboxylic acids is 1. The Labute approximate surface area is 117 Å². The fourth-order valence-corrected chi connectivity index (χ4v) is 3.43. The highest BCUT2D eigenvalue weighted by Gasteiger charge is 2.43. The zero-order chi connectivity index (χ0) is 14.0. The Kier molecular flexibility index (Phi) is 4.85. The van der Waals surface area contributed by atoms with Gasteiger partial charge in [-0.2, -0.15) is 0 Å². The molecule has 19 heavy (non-hydrogen) atoms. The summed E-state index contributed by atoms with van der Waals surface area (Å²) >= 11 is 0. The van der Waals surface area contributed by atoms with Crippen LogP contribution in [0.3, 0.4) is 0 Å². The van der Waals surface area contributed by atoms with Crippen LogP contribution in [0.5, 0.6) is 0 Å². The van der Waals surface area contributed by atoms with Crippen LogP contribution in [0.2, 0.25) is 0 Å². The van der Waals surface area contributed by atoms with Crippen molar-refractivity contribution in [2.45, 2.75) is 64.7 Å². The molecule has 0 radical (unpaired) electrons. The van der Waals surface area contributed by atoms with Crippen molar-refractivity contribution in [1.82, 2.24) is 15.1 Å². The van der Waals surface area contributed by atoms with Gasteiger partial charge in [-0.3, -0.25) is 10.1 Å². The Morgan fingerprint density at radius 3 is 2.74 bits per heavy atom. The second-order valence-electron chi connectivity index (χ2n) is 6.26. The summed E-state index contributed by atoms with van der Waals surface area (Å²) in [4.78, 5) is 17.2. The van der Waals surface area contributed by atoms with Crippen LogP contribution in [0, 0.1) is 5.92 Å². The third-order valence-electron chi connectivity index (χ3n) is 4.82. The van der Waals surface area contributed by atoms with E-state index in [2.05, 4.69) is 42.9 Å². The molecule has 0 aliphatic carbocycles. The molecule has 4 atom stereocenters. The van der Waals surface area contributed by atoms with Crippen LogP contribution >= 0.6 is 0 Å². The molecule has 0 aromatic heterocycles. The van der Waals surface area contributed by atoms with E-state index in [-0.39, 0.29) is 12.2 Å². The molecule has 2 fully saturated rings. The summed E-state index contributed by atoms with van der Waals surface area (Å²) in [5.41, 5.74) is 0. The molecule has 2 saturated heterocycles. The number of piperidine rings is 1. The van der Waals surface area contributed by atoms with Gasteiger partial charge in [-0.25, -0.2) is 0 Å². The van der Waals surface area contributed by atoms with Gasteiger partial charge in [-0.05, 0) is 38.8 Å². The van der Waals surface area contributed by atoms with Gasteiger partial charge in [0.15, 0.2) is 0 Å². The van der Waals surface area contributed by atoms with E-state index in [1.54, 1.807) is 0 Å². The molecule has 4 nitrogen and oxygen atoms in total. The highest BCUT2D eigenvalue weighted by molar-refractivity contribution is 5.85. The molecule has 0 spiro atoms. The molecule has 0 bridgehead atoms. The normalized spacial score (nSPS) is 34.8. The van der Waals surface area contributed by atoms with Gasteiger partial charge in [-0.15, -0.1) is 0 Å². The van der Waals surface area contributed by atoms with Gasteiger partial charge in [0.1, 0.15) is 0 Å². The van der Waals surface area contributed by atoms with Gasteiger partial charge in [0.05, 0.1) is 12.2 Å². The Hall–Kier alpha value is -0.610. The number of hydrogen-bond donors (Lipinski definition) is 1. The van der Waals surface area contributed by atoms with Crippen LogP contribution < -0.4 is 5.32 Å². The van der Waals surface area contributed by atoms with Crippen LogP contribution in [0.25, 0.3) is 0 Å². The Bertz CT molecular complexity index is 321. The maximum atomic E-state index is 12.7. The Morgan fingerprint density at radius 2 is 2.16 bits per heavy atom. The van der Waals surface area contributed by atoms with Crippen molar-refractivity contribution < 1.29 is 4.79 Å². The molecule has 0 saturated carbocycles. The maximum Gasteiger partial charge on any atom is 0.241 e. The second-order valence-corrected chi connectivity index (χ2v) is 6.26. The van der Waals surface area contributed by atoms with E-state index in [1.807, 2.05) is 0 Å². The van der Waals surface area contributed by atoms with E-state index < -0.39 is 0 Å². The smallest absolute Gasteiger partial charge is 0.241 e. The standard InChI is InChI=1S/C15H29N3O/c1-5-11(3)14-15(19)18(13(6-2)16-14)12-8-7-9-17(4)10-12/h11-14,16H,5-10H2,1-4H3. The van der Waals surface area contributed by atoms with Crippen LogP contribution in [0.1, 0.15) is 46.5 Å². The summed E-state index contributed by atoms with van der Waals surface area (Å²) in [7, 11) is 2.16. The number of rotatable bonds is 4. The second kappa shape index (κ2) is 6.23. The van der Waals surface area contributed by atoms with Gasteiger partial charge in [-0.1, -0.05) is 27.2 Å². The van der Waals surface area contributed by atoms with Crippen molar-refractivity contribution in [2.24, 2.45) is 5.92 Å². The van der Waals surface area contributed by atoms with E-state index >= 15 is 0 Å². The highest BCUT2D eigenvalue weighted by Crippen LogP contribution is 2.26. The minimum absolute atomic E-state index is 0.0298. The molecule has 0 aromatic rings. The molecule has 2 rings (SSSR count). The Morgan fingerprint density at radius 1 is 1.42 bits per heavy atom. The van der Waals surface area contributed by atoms with Crippen molar-refractivity contribution >= 4 is 5.91 Å². The lowest BCUT2D eigenvalue weighted by molar-refractivity contribution is -0.134. The number of likely N-dealkylation sites (N-methyl/N-ethyl adjacent to an activating group) is 1. The lowest BCUT2D eigenvalue weighted by Crippen LogP contribution is -2.51. The molecule has 2 aliphatic heterocycles. The van der Waals surface area contributed by atoms with Gasteiger partial charge < -0.3 is 9.80 Å². The summed E-state index contributed by atoms with van der Waals surface area (Å²) in [6.07, 6.45) is 4.65. The van der Waals surface area contributed by atoms with E-state index in [0.717, 1.165) is 32.4 Å². The van der Waals surface area contributed by atoms with Crippen LogP contribution in [-0.4, -0.2) is 54.1 Å². The summed E-state index contributed by atoms with van der Waals surface area (Å²) < 4.78 is 0. The predicted octanol–water partition coefficient (Wildman–Crippen LogP) is 1.66. The zero-order valence-electron chi connectivity index (χ0n) is 12.9. The van der Waals surface area contributed by atoms with Gasteiger partial charge in [0, 0.05) is 12.6 Å². The number of amides is 1. The molecule has 2 aliphatic rings. The molecule has 0 aromatic carbocycles. The quantitative estimate of drug-likeness (QED) is 0.841. The first-order chi connectivity index (χ1) is 9.08. The summed E-state index contributed by atoms with van der Waals surface area (Å²) in [6.45, 7) is 8.70. The summed E-state index contributed by atoms with van der Waals surface area (Å²) in [6, 6.07) is 0.430. The number of carbonyl (C=O) groups is 1. The zero-order valence-corrected chi connectivity index (χ0v) is 12.9. The van der Waals surface area contributed by atoms with Gasteiger partial charge >= 0.3 is 0 Å². The van der Waals surface area contributed by atoms with Crippen molar-refractivity contribution in [3.63, 3.8) is 0 Å². The van der Waals surface area contributed by atoms with Crippen molar-refractivity contribution in [3.8, 4) is 0 Å². The van der Waals surface area contributed by atoms with Crippen LogP contribution in [0.15, 0.2) is 0 Å². The lowest BCUT2D eigenvalue weighted by atomic mass is 9.98. The highest BCUT2D eigenvalue weighted by atomic mass is 16.2. The van der Waals surface area contributed by atoms with Crippen LogP contribution in [0.4, 0.5) is 0 Å². The van der Waals surface area contributed by atoms with Crippen molar-refractivity contribution in [3.05, 3.63) is 0 Å². The topological polar surface area (TPSA) is 35.6 Å². The monoisotopic (exact) mass is 267 g/mol. The first kappa shape index (κ1) is 14.8. The lowest BCUT2D eigenvalue weighted by Gasteiger charge is -2.38. The first-order valence-electron chi connectivity index (χ1n) is 7.85. The molecule has 1 amide bonds. The molecular formula is C15H29N3O. The Balaban J connectivity index is 2.11. The minimum atomic E-state index is 0.0298. The third kappa shape index (κ3) is 2.95. The minimum Gasteiger partial charge on any atom is -0.322 e. The van der Waals surface area contributed by atoms with Crippen molar-refractivity contribution in [1.29, 1.82) is 0 Å². The summed E-state index contributed by atoms with van der Waals surface area (Å²) in [5, 5.41) is 3.56. The SMILES string of the molecule is CCC(C)C1NC(CC)N(C2CCCN(C)C2)C1=O. The number of nitrogens with one attached hydrogen (secondary N) is 1. The van der Waals surface area contributed by atoms with Crippen LogP contribution in [-0.2, 0) is 4.79 Å². The molecule has 4 unspecified atom stereocenters. The van der Waals surface area contributed by atoms with E-state index in [1.165, 1.54) is 6.42 Å². The molecular weight excluding hydrogens is 238 g/mol. The average Bonchev–Trinajstić information content (AvgIpc) is 2.74. The van der Waals surface area contributed by atoms with E-state index in [4.69, 9.17) is 0 Å². The molecule has 110 valence electrons. The maximum absolute atomic E-state index is 12.7. The predicted molar refractivity (Wildman–Crippen MR) is 77.8 cm³/mol. The largest absolute Gasteiger partial charge is 0.322 e. The molecule has 1 N–H and O–H groups in total. The van der Waals surface area contributed by atoms with Gasteiger partial charge in [0.25, 0.3) is 0 Å². The number of likely N-dealkylation sites (tertiary alicyclic amines) is 1. The fourth-order valence-electron chi connectivity index (χ4n) is 3.43. The number of hydrogen-bond acceptors (Lipinski definition) is 3.